The molecule has 0 aliphatic heterocycles. The van der Waals surface area contributed by atoms with Crippen molar-refractivity contribution in [2.24, 2.45) is 5.73 Å². The van der Waals surface area contributed by atoms with E-state index in [1.54, 1.807) is 12.3 Å². The van der Waals surface area contributed by atoms with E-state index >= 15 is 0 Å². The van der Waals surface area contributed by atoms with E-state index in [9.17, 15) is 5.11 Å². The van der Waals surface area contributed by atoms with Gasteiger partial charge in [-0.3, -0.25) is 4.98 Å². The molecule has 2 rings (SSSR count). The van der Waals surface area contributed by atoms with Gasteiger partial charge in [0.2, 0.25) is 0 Å². The Morgan fingerprint density at radius 3 is 2.41 bits per heavy atom. The van der Waals surface area contributed by atoms with Crippen molar-refractivity contribution >= 4 is 15.9 Å². The summed E-state index contributed by atoms with van der Waals surface area (Å²) in [5.74, 6) is 0. The predicted octanol–water partition coefficient (Wildman–Crippen LogP) is 2.58. The number of nitrogens with two attached hydrogens (primary N) is 1. The fourth-order valence-corrected chi connectivity index (χ4v) is 1.84. The Morgan fingerprint density at radius 1 is 1.12 bits per heavy atom. The van der Waals surface area contributed by atoms with Gasteiger partial charge in [-0.25, -0.2) is 0 Å². The van der Waals surface area contributed by atoms with Gasteiger partial charge in [0, 0.05) is 10.7 Å². The lowest BCUT2D eigenvalue weighted by atomic mass is 10.00. The number of pyridine rings is 1. The summed E-state index contributed by atoms with van der Waals surface area (Å²) in [4.78, 5) is 4.15. The van der Waals surface area contributed by atoms with Crippen LogP contribution in [0.1, 0.15) is 23.4 Å². The number of hydrogen-bond donors (Lipinski definition) is 2. The average molecular weight is 293 g/mol. The predicted molar refractivity (Wildman–Crippen MR) is 70.3 cm³/mol. The van der Waals surface area contributed by atoms with Crippen molar-refractivity contribution in [2.45, 2.75) is 12.1 Å². The quantitative estimate of drug-likeness (QED) is 0.914. The highest BCUT2D eigenvalue weighted by atomic mass is 79.9. The highest BCUT2D eigenvalue weighted by Crippen LogP contribution is 2.25. The van der Waals surface area contributed by atoms with E-state index in [1.807, 2.05) is 36.4 Å². The van der Waals surface area contributed by atoms with Crippen LogP contribution in [0.25, 0.3) is 0 Å². The molecule has 0 saturated heterocycles. The summed E-state index contributed by atoms with van der Waals surface area (Å²) in [7, 11) is 0. The van der Waals surface area contributed by atoms with Crippen LogP contribution in [0.15, 0.2) is 53.1 Å². The van der Waals surface area contributed by atoms with Crippen LogP contribution in [-0.2, 0) is 0 Å². The van der Waals surface area contributed by atoms with Crippen molar-refractivity contribution in [3.05, 3.63) is 64.4 Å². The largest absolute Gasteiger partial charge is 0.385 e. The minimum atomic E-state index is -0.800. The smallest absolute Gasteiger partial charge is 0.115 e. The zero-order valence-electron chi connectivity index (χ0n) is 9.12. The molecule has 2 atom stereocenters. The number of aromatic nitrogens is 1. The highest BCUT2D eigenvalue weighted by molar-refractivity contribution is 9.10. The lowest BCUT2D eigenvalue weighted by molar-refractivity contribution is 0.142. The van der Waals surface area contributed by atoms with Crippen LogP contribution in [0.5, 0.6) is 0 Å². The number of aliphatic hydroxyl groups excluding tert-OH is 1. The monoisotopic (exact) mass is 292 g/mol. The molecule has 4 heteroatoms. The maximum Gasteiger partial charge on any atom is 0.115 e. The maximum atomic E-state index is 10.1. The molecule has 0 radical (unpaired) electrons. The summed E-state index contributed by atoms with van der Waals surface area (Å²) in [6.07, 6.45) is 0.849. The second kappa shape index (κ2) is 5.40. The Morgan fingerprint density at radius 2 is 1.82 bits per heavy atom. The Balaban J connectivity index is 2.20. The first-order valence-corrected chi connectivity index (χ1v) is 6.08. The molecule has 3 N–H and O–H groups in total. The van der Waals surface area contributed by atoms with Gasteiger partial charge in [0.25, 0.3) is 0 Å². The molecule has 3 nitrogen and oxygen atoms in total. The van der Waals surface area contributed by atoms with Crippen molar-refractivity contribution < 1.29 is 5.11 Å². The van der Waals surface area contributed by atoms with E-state index in [4.69, 9.17) is 5.73 Å². The van der Waals surface area contributed by atoms with Crippen LogP contribution in [0, 0.1) is 0 Å². The molecule has 0 saturated carbocycles. The maximum absolute atomic E-state index is 10.1. The molecule has 88 valence electrons. The molecule has 0 fully saturated rings. The van der Waals surface area contributed by atoms with Gasteiger partial charge < -0.3 is 10.8 Å². The van der Waals surface area contributed by atoms with Gasteiger partial charge in [0.15, 0.2) is 0 Å². The highest BCUT2D eigenvalue weighted by Gasteiger charge is 2.19. The first-order chi connectivity index (χ1) is 8.18. The van der Waals surface area contributed by atoms with E-state index in [1.165, 1.54) is 0 Å². The summed E-state index contributed by atoms with van der Waals surface area (Å²) in [5, 5.41) is 10.1. The summed E-state index contributed by atoms with van der Waals surface area (Å²) in [5.41, 5.74) is 7.47. The molecule has 1 aromatic carbocycles. The second-order valence-corrected chi connectivity index (χ2v) is 4.70. The normalized spacial score (nSPS) is 14.3. The van der Waals surface area contributed by atoms with E-state index in [2.05, 4.69) is 20.9 Å². The van der Waals surface area contributed by atoms with Crippen molar-refractivity contribution in [1.82, 2.24) is 4.98 Å². The number of aliphatic hydroxyl groups is 1. The molecular weight excluding hydrogens is 280 g/mol. The minimum Gasteiger partial charge on any atom is -0.385 e. The molecule has 17 heavy (non-hydrogen) atoms. The molecule has 1 aromatic heterocycles. The van der Waals surface area contributed by atoms with Gasteiger partial charge in [-0.2, -0.15) is 0 Å². The van der Waals surface area contributed by atoms with Gasteiger partial charge in [0.1, 0.15) is 6.10 Å². The Labute approximate surface area is 108 Å². The second-order valence-electron chi connectivity index (χ2n) is 3.78. The van der Waals surface area contributed by atoms with Crippen LogP contribution in [0.2, 0.25) is 0 Å². The zero-order chi connectivity index (χ0) is 12.3. The third-order valence-corrected chi connectivity index (χ3v) is 3.05. The lowest BCUT2D eigenvalue weighted by Gasteiger charge is -2.18. The minimum absolute atomic E-state index is 0.468. The Kier molecular flexibility index (Phi) is 3.89. The fraction of sp³-hybridized carbons (Fsp3) is 0.154. The van der Waals surface area contributed by atoms with Crippen LogP contribution in [0.4, 0.5) is 0 Å². The lowest BCUT2D eigenvalue weighted by Crippen LogP contribution is -2.20. The summed E-state index contributed by atoms with van der Waals surface area (Å²) in [6, 6.07) is 12.6. The number of rotatable bonds is 3. The van der Waals surface area contributed by atoms with E-state index in [0.29, 0.717) is 5.69 Å². The fourth-order valence-electron chi connectivity index (χ4n) is 1.60. The van der Waals surface area contributed by atoms with Crippen molar-refractivity contribution in [3.8, 4) is 0 Å². The number of halogens is 1. The molecule has 1 heterocycles. The number of nitrogens with zero attached hydrogens (tertiary/aromatic N) is 1. The van der Waals surface area contributed by atoms with E-state index in [-0.39, 0.29) is 0 Å². The van der Waals surface area contributed by atoms with Gasteiger partial charge in [-0.1, -0.05) is 30.3 Å². The Hall–Kier alpha value is -1.23. The average Bonchev–Trinajstić information content (AvgIpc) is 2.39. The van der Waals surface area contributed by atoms with Gasteiger partial charge in [0.05, 0.1) is 11.7 Å². The van der Waals surface area contributed by atoms with Gasteiger partial charge in [-0.05, 0) is 33.6 Å². The van der Waals surface area contributed by atoms with Crippen molar-refractivity contribution in [1.29, 1.82) is 0 Å². The third-order valence-electron chi connectivity index (χ3n) is 2.58. The molecule has 0 aliphatic carbocycles. The first-order valence-electron chi connectivity index (χ1n) is 5.28. The van der Waals surface area contributed by atoms with Gasteiger partial charge in [-0.15, -0.1) is 0 Å². The number of benzene rings is 1. The Bertz CT molecular complexity index is 473. The molecule has 0 amide bonds. The standard InChI is InChI=1S/C13H13BrN2O/c14-10-6-7-11(16-8-10)13(17)12(15)9-4-2-1-3-5-9/h1-8,12-13,17H,15H2. The number of hydrogen-bond acceptors (Lipinski definition) is 3. The van der Waals surface area contributed by atoms with E-state index < -0.39 is 12.1 Å². The van der Waals surface area contributed by atoms with Crippen molar-refractivity contribution in [3.63, 3.8) is 0 Å². The van der Waals surface area contributed by atoms with Gasteiger partial charge >= 0.3 is 0 Å². The van der Waals surface area contributed by atoms with Crippen LogP contribution >= 0.6 is 15.9 Å². The topological polar surface area (TPSA) is 59.1 Å². The molecule has 0 bridgehead atoms. The SMILES string of the molecule is NC(c1ccccc1)C(O)c1ccc(Br)cn1. The summed E-state index contributed by atoms with van der Waals surface area (Å²) in [6.45, 7) is 0. The molecular formula is C13H13BrN2O. The van der Waals surface area contributed by atoms with Crippen LogP contribution < -0.4 is 5.73 Å². The third kappa shape index (κ3) is 2.91. The summed E-state index contributed by atoms with van der Waals surface area (Å²) < 4.78 is 0.877. The molecule has 0 aliphatic rings. The first kappa shape index (κ1) is 12.2. The van der Waals surface area contributed by atoms with E-state index in [0.717, 1.165) is 10.0 Å². The van der Waals surface area contributed by atoms with Crippen LogP contribution in [-0.4, -0.2) is 10.1 Å². The summed E-state index contributed by atoms with van der Waals surface area (Å²) >= 11 is 3.30. The van der Waals surface area contributed by atoms with Crippen molar-refractivity contribution in [2.75, 3.05) is 0 Å². The molecule has 2 unspecified atom stereocenters. The molecule has 2 aromatic rings. The molecule has 0 spiro atoms. The zero-order valence-corrected chi connectivity index (χ0v) is 10.7. The van der Waals surface area contributed by atoms with Crippen LogP contribution in [0.3, 0.4) is 0 Å².